The summed E-state index contributed by atoms with van der Waals surface area (Å²) in [6.45, 7) is 6.44. The number of amides is 1. The zero-order valence-electron chi connectivity index (χ0n) is 12.1. The van der Waals surface area contributed by atoms with Gasteiger partial charge in [0.25, 0.3) is 12.3 Å². The summed E-state index contributed by atoms with van der Waals surface area (Å²) in [7, 11) is 0. The van der Waals surface area contributed by atoms with Crippen LogP contribution in [0, 0.1) is 6.92 Å². The summed E-state index contributed by atoms with van der Waals surface area (Å²) in [5.74, 6) is -0.238. The van der Waals surface area contributed by atoms with Crippen molar-refractivity contribution in [3.8, 4) is 0 Å². The Hall–Kier alpha value is -1.76. The molecule has 2 N–H and O–H groups in total. The highest BCUT2D eigenvalue weighted by atomic mass is 32.1. The van der Waals surface area contributed by atoms with Gasteiger partial charge in [-0.05, 0) is 26.8 Å². The van der Waals surface area contributed by atoms with Crippen molar-refractivity contribution in [1.82, 2.24) is 9.88 Å². The number of pyridine rings is 1. The van der Waals surface area contributed by atoms with Crippen molar-refractivity contribution < 1.29 is 13.6 Å². The molecule has 0 unspecified atom stereocenters. The number of anilines is 1. The van der Waals surface area contributed by atoms with Crippen LogP contribution < -0.4 is 5.73 Å². The van der Waals surface area contributed by atoms with Gasteiger partial charge in [-0.1, -0.05) is 0 Å². The molecule has 4 nitrogen and oxygen atoms in total. The molecule has 0 bridgehead atoms. The molecule has 21 heavy (non-hydrogen) atoms. The zero-order chi connectivity index (χ0) is 15.7. The van der Waals surface area contributed by atoms with Crippen molar-refractivity contribution in [1.29, 1.82) is 0 Å². The molecule has 2 aromatic rings. The Morgan fingerprint density at radius 1 is 1.43 bits per heavy atom. The van der Waals surface area contributed by atoms with Gasteiger partial charge < -0.3 is 10.6 Å². The van der Waals surface area contributed by atoms with Gasteiger partial charge in [0.2, 0.25) is 0 Å². The predicted octanol–water partition coefficient (Wildman–Crippen LogP) is 3.61. The van der Waals surface area contributed by atoms with E-state index in [-0.39, 0.29) is 27.4 Å². The lowest BCUT2D eigenvalue weighted by atomic mass is 10.1. The van der Waals surface area contributed by atoms with Crippen LogP contribution in [0.2, 0.25) is 0 Å². The summed E-state index contributed by atoms with van der Waals surface area (Å²) < 4.78 is 26.4. The third kappa shape index (κ3) is 2.70. The molecular weight excluding hydrogens is 296 g/mol. The number of rotatable bonds is 4. The molecule has 0 fully saturated rings. The number of carbonyl (C=O) groups is 1. The molecule has 0 saturated carbocycles. The van der Waals surface area contributed by atoms with E-state index in [1.807, 2.05) is 13.8 Å². The molecule has 0 aliphatic rings. The van der Waals surface area contributed by atoms with E-state index in [1.165, 1.54) is 6.07 Å². The average Bonchev–Trinajstić information content (AvgIpc) is 2.76. The van der Waals surface area contributed by atoms with E-state index in [0.717, 1.165) is 11.3 Å². The molecular formula is C14H17F2N3OS. The van der Waals surface area contributed by atoms with Gasteiger partial charge in [-0.25, -0.2) is 13.8 Å². The maximum absolute atomic E-state index is 13.2. The maximum Gasteiger partial charge on any atom is 0.266 e. The van der Waals surface area contributed by atoms with Crippen LogP contribution in [0.3, 0.4) is 0 Å². The zero-order valence-corrected chi connectivity index (χ0v) is 12.9. The summed E-state index contributed by atoms with van der Waals surface area (Å²) in [6, 6.07) is 1.32. The molecule has 1 amide bonds. The van der Waals surface area contributed by atoms with Gasteiger partial charge in [-0.3, -0.25) is 4.79 Å². The predicted molar refractivity (Wildman–Crippen MR) is 81.0 cm³/mol. The van der Waals surface area contributed by atoms with Crippen LogP contribution in [0.4, 0.5) is 14.5 Å². The third-order valence-corrected chi connectivity index (χ3v) is 4.42. The fraction of sp³-hybridized carbons (Fsp3) is 0.429. The number of aromatic nitrogens is 1. The van der Waals surface area contributed by atoms with Crippen molar-refractivity contribution in [2.45, 2.75) is 27.2 Å². The first kappa shape index (κ1) is 15.6. The lowest BCUT2D eigenvalue weighted by Crippen LogP contribution is -2.30. The van der Waals surface area contributed by atoms with Gasteiger partial charge in [0.15, 0.2) is 0 Å². The fourth-order valence-corrected chi connectivity index (χ4v) is 3.41. The standard InChI is InChI=1S/C14H17F2N3OS/c1-4-19(5-2)14(20)11-10(17)9-8(12(15)16)6-7(3)18-13(9)21-11/h6,12H,4-5,17H2,1-3H3. The number of hydrogen-bond acceptors (Lipinski definition) is 4. The molecule has 2 aromatic heterocycles. The quantitative estimate of drug-likeness (QED) is 0.938. The SMILES string of the molecule is CCN(CC)C(=O)c1sc2nc(C)cc(C(F)F)c2c1N. The third-order valence-electron chi connectivity index (χ3n) is 3.34. The van der Waals surface area contributed by atoms with Crippen LogP contribution >= 0.6 is 11.3 Å². The summed E-state index contributed by atoms with van der Waals surface area (Å²) in [5.41, 5.74) is 6.40. The molecule has 0 radical (unpaired) electrons. The van der Waals surface area contributed by atoms with Crippen molar-refractivity contribution >= 4 is 33.1 Å². The second kappa shape index (κ2) is 5.93. The van der Waals surface area contributed by atoms with Crippen molar-refractivity contribution in [2.75, 3.05) is 18.8 Å². The monoisotopic (exact) mass is 313 g/mol. The lowest BCUT2D eigenvalue weighted by Gasteiger charge is -2.17. The van der Waals surface area contributed by atoms with E-state index < -0.39 is 6.43 Å². The largest absolute Gasteiger partial charge is 0.397 e. The number of hydrogen-bond donors (Lipinski definition) is 1. The first-order valence-electron chi connectivity index (χ1n) is 6.67. The molecule has 2 rings (SSSR count). The summed E-state index contributed by atoms with van der Waals surface area (Å²) in [4.78, 5) is 18.9. The minimum Gasteiger partial charge on any atom is -0.397 e. The van der Waals surface area contributed by atoms with Gasteiger partial charge in [0.1, 0.15) is 9.71 Å². The second-order valence-corrected chi connectivity index (χ2v) is 5.66. The first-order valence-corrected chi connectivity index (χ1v) is 7.49. The van der Waals surface area contributed by atoms with E-state index in [4.69, 9.17) is 5.73 Å². The van der Waals surface area contributed by atoms with Crippen LogP contribution in [0.1, 0.15) is 41.2 Å². The van der Waals surface area contributed by atoms with E-state index in [0.29, 0.717) is 23.6 Å². The number of fused-ring (bicyclic) bond motifs is 1. The molecule has 0 spiro atoms. The number of thiophene rings is 1. The van der Waals surface area contributed by atoms with Gasteiger partial charge in [-0.2, -0.15) is 0 Å². The summed E-state index contributed by atoms with van der Waals surface area (Å²) in [6.07, 6.45) is -2.65. The molecule has 0 atom stereocenters. The van der Waals surface area contributed by atoms with Crippen molar-refractivity contribution in [3.63, 3.8) is 0 Å². The molecule has 0 aliphatic carbocycles. The fourth-order valence-electron chi connectivity index (χ4n) is 2.26. The molecule has 0 aromatic carbocycles. The van der Waals surface area contributed by atoms with Crippen LogP contribution in [0.15, 0.2) is 6.07 Å². The number of carbonyl (C=O) groups excluding carboxylic acids is 1. The highest BCUT2D eigenvalue weighted by Crippen LogP contribution is 2.39. The smallest absolute Gasteiger partial charge is 0.266 e. The summed E-state index contributed by atoms with van der Waals surface area (Å²) in [5, 5.41) is 0.205. The molecule has 0 saturated heterocycles. The number of nitrogen functional groups attached to an aromatic ring is 1. The Morgan fingerprint density at radius 2 is 2.05 bits per heavy atom. The Morgan fingerprint density at radius 3 is 2.57 bits per heavy atom. The van der Waals surface area contributed by atoms with Gasteiger partial charge in [0.05, 0.1) is 5.69 Å². The van der Waals surface area contributed by atoms with Gasteiger partial charge in [0, 0.05) is 29.7 Å². The van der Waals surface area contributed by atoms with Gasteiger partial charge >= 0.3 is 0 Å². The number of alkyl halides is 2. The topological polar surface area (TPSA) is 59.2 Å². The average molecular weight is 313 g/mol. The minimum atomic E-state index is -2.65. The first-order chi connectivity index (χ1) is 9.90. The number of nitrogens with zero attached hydrogens (tertiary/aromatic N) is 2. The Balaban J connectivity index is 2.66. The van der Waals surface area contributed by atoms with Crippen molar-refractivity contribution in [2.24, 2.45) is 0 Å². The Labute approximate surface area is 125 Å². The molecule has 114 valence electrons. The maximum atomic E-state index is 13.2. The molecule has 7 heteroatoms. The Kier molecular flexibility index (Phi) is 4.41. The highest BCUT2D eigenvalue weighted by Gasteiger charge is 2.25. The van der Waals surface area contributed by atoms with E-state index in [1.54, 1.807) is 11.8 Å². The van der Waals surface area contributed by atoms with Crippen LogP contribution in [-0.2, 0) is 0 Å². The second-order valence-electron chi connectivity index (χ2n) is 4.66. The van der Waals surface area contributed by atoms with E-state index >= 15 is 0 Å². The Bertz CT molecular complexity index is 680. The van der Waals surface area contributed by atoms with E-state index in [9.17, 15) is 13.6 Å². The lowest BCUT2D eigenvalue weighted by molar-refractivity contribution is 0.0778. The molecule has 0 aliphatic heterocycles. The van der Waals surface area contributed by atoms with Crippen LogP contribution in [0.25, 0.3) is 10.2 Å². The van der Waals surface area contributed by atoms with Crippen LogP contribution in [0.5, 0.6) is 0 Å². The minimum absolute atomic E-state index is 0.106. The van der Waals surface area contributed by atoms with Crippen molar-refractivity contribution in [3.05, 3.63) is 22.2 Å². The number of nitrogens with two attached hydrogens (primary N) is 1. The highest BCUT2D eigenvalue weighted by molar-refractivity contribution is 7.21. The number of aryl methyl sites for hydroxylation is 1. The van der Waals surface area contributed by atoms with Gasteiger partial charge in [-0.15, -0.1) is 11.3 Å². The normalized spacial score (nSPS) is 11.3. The van der Waals surface area contributed by atoms with Crippen LogP contribution in [-0.4, -0.2) is 28.9 Å². The van der Waals surface area contributed by atoms with E-state index in [2.05, 4.69) is 4.98 Å². The molecule has 2 heterocycles. The number of halogens is 2. The summed E-state index contributed by atoms with van der Waals surface area (Å²) >= 11 is 1.08.